The molecular formula is C16H13BrN2O4. The van der Waals surface area contributed by atoms with Gasteiger partial charge in [0, 0.05) is 13.0 Å². The smallest absolute Gasteiger partial charge is 0.269 e. The molecule has 0 radical (unpaired) electrons. The zero-order valence-electron chi connectivity index (χ0n) is 12.0. The average Bonchev–Trinajstić information content (AvgIpc) is 3.28. The fourth-order valence-corrected chi connectivity index (χ4v) is 3.50. The number of hydrogen-bond acceptors (Lipinski definition) is 5. The number of ether oxygens (including phenoxy) is 1. The van der Waals surface area contributed by atoms with Gasteiger partial charge < -0.3 is 14.9 Å². The Kier molecular flexibility index (Phi) is 3.35. The lowest BCUT2D eigenvalue weighted by molar-refractivity contribution is -0.116. The fourth-order valence-electron chi connectivity index (χ4n) is 2.89. The van der Waals surface area contributed by atoms with E-state index in [1.165, 1.54) is 0 Å². The Bertz CT molecular complexity index is 746. The average molecular weight is 377 g/mol. The van der Waals surface area contributed by atoms with Crippen molar-refractivity contribution in [3.63, 3.8) is 0 Å². The van der Waals surface area contributed by atoms with E-state index in [0.29, 0.717) is 16.7 Å². The standard InChI is InChI=1S/C16H13BrN2O4/c17-10-6-16(14-13(22-14)12(10)20)7-11(19-23-16)15(21)18-8-9-4-2-1-3-5-9/h1-6,13-14H,7-8H2,(H,18,21)/t13-,14-,16+/m1/s1. The minimum atomic E-state index is -0.850. The van der Waals surface area contributed by atoms with E-state index in [4.69, 9.17) is 9.57 Å². The Morgan fingerprint density at radius 3 is 2.96 bits per heavy atom. The summed E-state index contributed by atoms with van der Waals surface area (Å²) in [5.74, 6) is -0.365. The Morgan fingerprint density at radius 1 is 1.39 bits per heavy atom. The van der Waals surface area contributed by atoms with E-state index in [-0.39, 0.29) is 24.2 Å². The third kappa shape index (κ3) is 2.49. The molecule has 0 aromatic heterocycles. The lowest BCUT2D eigenvalue weighted by Crippen LogP contribution is -2.41. The molecule has 4 rings (SSSR count). The zero-order valence-corrected chi connectivity index (χ0v) is 13.6. The summed E-state index contributed by atoms with van der Waals surface area (Å²) >= 11 is 3.22. The van der Waals surface area contributed by atoms with Gasteiger partial charge in [0.1, 0.15) is 11.8 Å². The van der Waals surface area contributed by atoms with Crippen molar-refractivity contribution in [2.75, 3.05) is 0 Å². The topological polar surface area (TPSA) is 80.3 Å². The van der Waals surface area contributed by atoms with Crippen LogP contribution < -0.4 is 5.32 Å². The van der Waals surface area contributed by atoms with Gasteiger partial charge in [-0.2, -0.15) is 0 Å². The van der Waals surface area contributed by atoms with Crippen LogP contribution in [0.2, 0.25) is 0 Å². The van der Waals surface area contributed by atoms with Crippen molar-refractivity contribution in [1.82, 2.24) is 5.32 Å². The van der Waals surface area contributed by atoms with Gasteiger partial charge >= 0.3 is 0 Å². The number of Topliss-reactive ketones (excluding diaryl/α,β-unsaturated/α-hetero) is 1. The first-order valence-corrected chi connectivity index (χ1v) is 8.03. The normalized spacial score (nSPS) is 31.1. The van der Waals surface area contributed by atoms with Crippen LogP contribution in [0.3, 0.4) is 0 Å². The highest BCUT2D eigenvalue weighted by molar-refractivity contribution is 9.12. The zero-order chi connectivity index (χ0) is 16.0. The first-order chi connectivity index (χ1) is 11.1. The van der Waals surface area contributed by atoms with Gasteiger partial charge in [0.05, 0.1) is 4.48 Å². The van der Waals surface area contributed by atoms with E-state index in [2.05, 4.69) is 26.4 Å². The molecule has 3 atom stereocenters. The molecule has 1 aliphatic carbocycles. The molecule has 0 bridgehead atoms. The number of ketones is 1. The highest BCUT2D eigenvalue weighted by atomic mass is 79.9. The van der Waals surface area contributed by atoms with Crippen LogP contribution >= 0.6 is 15.9 Å². The van der Waals surface area contributed by atoms with Crippen LogP contribution in [-0.4, -0.2) is 35.2 Å². The maximum atomic E-state index is 12.2. The van der Waals surface area contributed by atoms with Crippen LogP contribution in [0.4, 0.5) is 0 Å². The first kappa shape index (κ1) is 14.6. The number of carbonyl (C=O) groups is 2. The summed E-state index contributed by atoms with van der Waals surface area (Å²) in [6.07, 6.45) is 1.09. The number of rotatable bonds is 3. The van der Waals surface area contributed by atoms with Gasteiger partial charge in [-0.25, -0.2) is 0 Å². The highest BCUT2D eigenvalue weighted by Crippen LogP contribution is 2.47. The second-order valence-corrected chi connectivity index (χ2v) is 6.62. The van der Waals surface area contributed by atoms with Gasteiger partial charge in [0.2, 0.25) is 5.78 Å². The largest absolute Gasteiger partial charge is 0.381 e. The molecular weight excluding hydrogens is 364 g/mol. The second kappa shape index (κ2) is 5.28. The molecule has 2 aliphatic heterocycles. The Labute approximate surface area is 140 Å². The summed E-state index contributed by atoms with van der Waals surface area (Å²) in [7, 11) is 0. The summed E-state index contributed by atoms with van der Waals surface area (Å²) in [5.41, 5.74) is 0.462. The first-order valence-electron chi connectivity index (χ1n) is 7.24. The molecule has 0 saturated carbocycles. The molecule has 23 heavy (non-hydrogen) atoms. The van der Waals surface area contributed by atoms with Gasteiger partial charge in [0.25, 0.3) is 5.91 Å². The number of epoxide rings is 1. The van der Waals surface area contributed by atoms with Gasteiger partial charge in [-0.3, -0.25) is 9.59 Å². The number of halogens is 1. The molecule has 7 heteroatoms. The van der Waals surface area contributed by atoms with E-state index >= 15 is 0 Å². The van der Waals surface area contributed by atoms with Gasteiger partial charge in [0.15, 0.2) is 11.7 Å². The van der Waals surface area contributed by atoms with Crippen LogP contribution in [0.15, 0.2) is 46.0 Å². The maximum Gasteiger partial charge on any atom is 0.269 e. The number of amides is 1. The maximum absolute atomic E-state index is 12.2. The third-order valence-corrected chi connectivity index (χ3v) is 4.79. The predicted molar refractivity (Wildman–Crippen MR) is 84.8 cm³/mol. The minimum absolute atomic E-state index is 0.0915. The van der Waals surface area contributed by atoms with Crippen molar-refractivity contribution in [2.24, 2.45) is 5.16 Å². The van der Waals surface area contributed by atoms with Gasteiger partial charge in [-0.1, -0.05) is 35.5 Å². The van der Waals surface area contributed by atoms with E-state index in [1.807, 2.05) is 30.3 Å². The van der Waals surface area contributed by atoms with E-state index in [1.54, 1.807) is 6.08 Å². The monoisotopic (exact) mass is 376 g/mol. The molecule has 1 amide bonds. The molecule has 1 saturated heterocycles. The molecule has 1 spiro atoms. The van der Waals surface area contributed by atoms with Crippen molar-refractivity contribution in [2.45, 2.75) is 30.8 Å². The molecule has 1 aromatic carbocycles. The molecule has 1 fully saturated rings. The number of nitrogens with zero attached hydrogens (tertiary/aromatic N) is 1. The Balaban J connectivity index is 1.42. The fraction of sp³-hybridized carbons (Fsp3) is 0.312. The molecule has 6 nitrogen and oxygen atoms in total. The van der Waals surface area contributed by atoms with E-state index < -0.39 is 11.7 Å². The summed E-state index contributed by atoms with van der Waals surface area (Å²) < 4.78 is 5.81. The number of nitrogens with one attached hydrogen (secondary N) is 1. The number of carbonyl (C=O) groups excluding carboxylic acids is 2. The van der Waals surface area contributed by atoms with Crippen LogP contribution in [0, 0.1) is 0 Å². The van der Waals surface area contributed by atoms with Crippen molar-refractivity contribution >= 4 is 33.3 Å². The summed E-state index contributed by atoms with van der Waals surface area (Å²) in [5, 5.41) is 6.73. The van der Waals surface area contributed by atoms with E-state index in [9.17, 15) is 9.59 Å². The van der Waals surface area contributed by atoms with Crippen molar-refractivity contribution < 1.29 is 19.2 Å². The molecule has 3 aliphatic rings. The van der Waals surface area contributed by atoms with Crippen molar-refractivity contribution in [1.29, 1.82) is 0 Å². The SMILES string of the molecule is O=C(NCc1ccccc1)C1=NO[C@@]2(C=C(Br)C(=O)[C@H]3O[C@H]32)C1. The van der Waals surface area contributed by atoms with Gasteiger partial charge in [-0.05, 0) is 27.6 Å². The van der Waals surface area contributed by atoms with Crippen LogP contribution in [0.5, 0.6) is 0 Å². The summed E-state index contributed by atoms with van der Waals surface area (Å²) in [6, 6.07) is 9.62. The van der Waals surface area contributed by atoms with Crippen molar-refractivity contribution in [3.05, 3.63) is 46.5 Å². The molecule has 118 valence electrons. The van der Waals surface area contributed by atoms with Gasteiger partial charge in [-0.15, -0.1) is 0 Å². The molecule has 0 unspecified atom stereocenters. The molecule has 1 N–H and O–H groups in total. The number of benzene rings is 1. The van der Waals surface area contributed by atoms with Crippen LogP contribution in [0.25, 0.3) is 0 Å². The number of oxime groups is 1. The number of hydrogen-bond donors (Lipinski definition) is 1. The summed E-state index contributed by atoms with van der Waals surface area (Å²) in [4.78, 5) is 29.5. The second-order valence-electron chi connectivity index (χ2n) is 5.76. The predicted octanol–water partition coefficient (Wildman–Crippen LogP) is 1.45. The lowest BCUT2D eigenvalue weighted by atomic mass is 9.86. The Hall–Kier alpha value is -1.99. The summed E-state index contributed by atoms with van der Waals surface area (Å²) in [6.45, 7) is 0.423. The molecule has 1 aromatic rings. The quantitative estimate of drug-likeness (QED) is 0.809. The Morgan fingerprint density at radius 2 is 2.17 bits per heavy atom. The van der Waals surface area contributed by atoms with E-state index in [0.717, 1.165) is 5.56 Å². The van der Waals surface area contributed by atoms with Crippen LogP contribution in [0.1, 0.15) is 12.0 Å². The third-order valence-electron chi connectivity index (χ3n) is 4.17. The van der Waals surface area contributed by atoms with Crippen molar-refractivity contribution in [3.8, 4) is 0 Å². The molecule has 2 heterocycles. The lowest BCUT2D eigenvalue weighted by Gasteiger charge is -2.23. The van der Waals surface area contributed by atoms with Crippen LogP contribution in [-0.2, 0) is 25.7 Å². The number of fused-ring (bicyclic) bond motifs is 2. The minimum Gasteiger partial charge on any atom is -0.381 e. The highest BCUT2D eigenvalue weighted by Gasteiger charge is 2.65.